The molecule has 2 aliphatic rings. The van der Waals surface area contributed by atoms with Crippen LogP contribution in [0.25, 0.3) is 0 Å². The zero-order chi connectivity index (χ0) is 22.9. The summed E-state index contributed by atoms with van der Waals surface area (Å²) >= 11 is 0. The minimum absolute atomic E-state index is 0.0593. The van der Waals surface area contributed by atoms with E-state index >= 15 is 0 Å². The summed E-state index contributed by atoms with van der Waals surface area (Å²) in [4.78, 5) is 8.56. The van der Waals surface area contributed by atoms with E-state index in [9.17, 15) is 13.2 Å². The first-order valence-corrected chi connectivity index (χ1v) is 11.5. The van der Waals surface area contributed by atoms with Crippen molar-refractivity contribution in [2.24, 2.45) is 0 Å². The molecule has 0 unspecified atom stereocenters. The van der Waals surface area contributed by atoms with Gasteiger partial charge in [-0.2, -0.15) is 13.2 Å². The van der Waals surface area contributed by atoms with Crippen LogP contribution in [0.3, 0.4) is 0 Å². The fourth-order valence-electron chi connectivity index (χ4n) is 5.45. The van der Waals surface area contributed by atoms with Crippen LogP contribution in [0.15, 0.2) is 42.9 Å². The largest absolute Gasteiger partial charge is 0.417 e. The zero-order valence-corrected chi connectivity index (χ0v) is 18.8. The Bertz CT molecular complexity index is 920. The number of rotatable bonds is 6. The van der Waals surface area contributed by atoms with Crippen LogP contribution >= 0.6 is 0 Å². The molecule has 1 aliphatic heterocycles. The number of hydrogen-bond acceptors (Lipinski definition) is 4. The number of nitrogens with zero attached hydrogens (tertiary/aromatic N) is 2. The van der Waals surface area contributed by atoms with Gasteiger partial charge in [-0.3, -0.25) is 9.97 Å². The molecule has 1 saturated heterocycles. The molecule has 2 aromatic heterocycles. The molecule has 4 nitrogen and oxygen atoms in total. The van der Waals surface area contributed by atoms with Gasteiger partial charge in [-0.15, -0.1) is 0 Å². The van der Waals surface area contributed by atoms with Gasteiger partial charge in [-0.1, -0.05) is 18.9 Å². The lowest BCUT2D eigenvalue weighted by Gasteiger charge is -2.47. The molecule has 0 aromatic carbocycles. The van der Waals surface area contributed by atoms with Crippen molar-refractivity contribution in [3.05, 3.63) is 59.7 Å². The summed E-state index contributed by atoms with van der Waals surface area (Å²) in [5.41, 5.74) is 0.741. The Morgan fingerprint density at radius 1 is 1.06 bits per heavy atom. The highest BCUT2D eigenvalue weighted by molar-refractivity contribution is 6.39. The highest BCUT2D eigenvalue weighted by atomic mass is 19.4. The summed E-state index contributed by atoms with van der Waals surface area (Å²) in [6.45, 7) is 1.38. The lowest BCUT2D eigenvalue weighted by atomic mass is 9.58. The highest BCUT2D eigenvalue weighted by Gasteiger charge is 2.48. The maximum absolute atomic E-state index is 13.2. The standard InChI is InChI=1S/C23H30B2F3N3O/c24-22(25,17-13-18(15-29-14-17)23(26,27)28)31-11-8-20(19-5-1-4-10-30-19)9-12-32-21(16-20)6-2-3-7-21/h1,4-5,10,13-15,31H,2-3,6-9,11-12,16,24-25H2/t20-/m1/s1. The third-order valence-corrected chi connectivity index (χ3v) is 7.33. The van der Waals surface area contributed by atoms with Crippen LogP contribution in [0.1, 0.15) is 61.8 Å². The molecule has 4 rings (SSSR count). The molecule has 1 aliphatic carbocycles. The van der Waals surface area contributed by atoms with E-state index in [-0.39, 0.29) is 11.0 Å². The van der Waals surface area contributed by atoms with Gasteiger partial charge in [0, 0.05) is 36.3 Å². The fourth-order valence-corrected chi connectivity index (χ4v) is 5.45. The first kappa shape index (κ1) is 23.3. The monoisotopic (exact) mass is 443 g/mol. The van der Waals surface area contributed by atoms with Crippen molar-refractivity contribution in [3.8, 4) is 0 Å². The molecule has 1 saturated carbocycles. The van der Waals surface area contributed by atoms with E-state index in [0.29, 0.717) is 12.1 Å². The van der Waals surface area contributed by atoms with Crippen LogP contribution < -0.4 is 5.32 Å². The second-order valence-electron chi connectivity index (χ2n) is 9.92. The molecule has 9 heteroatoms. The molecule has 1 atom stereocenters. The topological polar surface area (TPSA) is 47.0 Å². The van der Waals surface area contributed by atoms with E-state index in [1.165, 1.54) is 25.1 Å². The molecule has 0 amide bonds. The van der Waals surface area contributed by atoms with Crippen LogP contribution in [0.2, 0.25) is 0 Å². The average molecular weight is 443 g/mol. The average Bonchev–Trinajstić information content (AvgIpc) is 3.21. The summed E-state index contributed by atoms with van der Waals surface area (Å²) in [7, 11) is 3.81. The van der Waals surface area contributed by atoms with Crippen molar-refractivity contribution >= 4 is 15.7 Å². The van der Waals surface area contributed by atoms with Gasteiger partial charge in [-0.05, 0) is 67.7 Å². The summed E-state index contributed by atoms with van der Waals surface area (Å²) < 4.78 is 45.8. The van der Waals surface area contributed by atoms with Crippen molar-refractivity contribution in [2.45, 2.75) is 67.5 Å². The molecule has 170 valence electrons. The number of nitrogens with one attached hydrogen (secondary N) is 1. The van der Waals surface area contributed by atoms with E-state index in [4.69, 9.17) is 9.72 Å². The van der Waals surface area contributed by atoms with Crippen molar-refractivity contribution < 1.29 is 17.9 Å². The van der Waals surface area contributed by atoms with E-state index in [2.05, 4.69) is 16.4 Å². The third kappa shape index (κ3) is 4.88. The Morgan fingerprint density at radius 3 is 2.50 bits per heavy atom. The number of halogens is 3. The Kier molecular flexibility index (Phi) is 6.43. The van der Waals surface area contributed by atoms with Gasteiger partial charge in [0.15, 0.2) is 0 Å². The number of aromatic nitrogens is 2. The number of alkyl halides is 3. The lowest BCUT2D eigenvalue weighted by Crippen LogP contribution is -2.50. The second kappa shape index (κ2) is 8.82. The maximum Gasteiger partial charge on any atom is 0.417 e. The predicted octanol–water partition coefficient (Wildman–Crippen LogP) is 2.91. The molecule has 2 fully saturated rings. The van der Waals surface area contributed by atoms with Crippen LogP contribution in [0, 0.1) is 0 Å². The van der Waals surface area contributed by atoms with E-state index in [1.54, 1.807) is 0 Å². The van der Waals surface area contributed by atoms with Crippen molar-refractivity contribution in [2.75, 3.05) is 13.2 Å². The number of pyridine rings is 2. The van der Waals surface area contributed by atoms with Gasteiger partial charge in [0.1, 0.15) is 15.7 Å². The SMILES string of the molecule is BC(B)(NCC[C@@]1(c2ccccn2)CCOC2(CCCC2)C1)c1cncc(C(F)(F)F)c1. The Hall–Kier alpha value is -1.86. The van der Waals surface area contributed by atoms with Crippen molar-refractivity contribution in [3.63, 3.8) is 0 Å². The fraction of sp³-hybridized carbons (Fsp3) is 0.565. The maximum atomic E-state index is 13.2. The normalized spacial score (nSPS) is 23.5. The first-order valence-electron chi connectivity index (χ1n) is 11.5. The van der Waals surface area contributed by atoms with Gasteiger partial charge < -0.3 is 10.1 Å². The minimum Gasteiger partial charge on any atom is -0.375 e. The van der Waals surface area contributed by atoms with Gasteiger partial charge in [0.05, 0.1) is 11.2 Å². The predicted molar refractivity (Wildman–Crippen MR) is 123 cm³/mol. The molecule has 3 heterocycles. The molecule has 0 radical (unpaired) electrons. The van der Waals surface area contributed by atoms with Gasteiger partial charge >= 0.3 is 6.18 Å². The Labute approximate surface area is 189 Å². The van der Waals surface area contributed by atoms with E-state index in [1.807, 2.05) is 34.0 Å². The number of hydrogen-bond donors (Lipinski definition) is 1. The van der Waals surface area contributed by atoms with E-state index < -0.39 is 17.1 Å². The molecule has 2 aromatic rings. The smallest absolute Gasteiger partial charge is 0.375 e. The lowest BCUT2D eigenvalue weighted by molar-refractivity contribution is -0.137. The number of ether oxygens (including phenoxy) is 1. The zero-order valence-electron chi connectivity index (χ0n) is 18.8. The Balaban J connectivity index is 1.52. The summed E-state index contributed by atoms with van der Waals surface area (Å²) in [6.07, 6.45) is 7.12. The minimum atomic E-state index is -4.40. The van der Waals surface area contributed by atoms with Crippen LogP contribution in [-0.4, -0.2) is 44.4 Å². The van der Waals surface area contributed by atoms with E-state index in [0.717, 1.165) is 50.6 Å². The summed E-state index contributed by atoms with van der Waals surface area (Å²) in [6, 6.07) is 7.27. The van der Waals surface area contributed by atoms with Crippen molar-refractivity contribution in [1.82, 2.24) is 15.3 Å². The van der Waals surface area contributed by atoms with Crippen LogP contribution in [0.4, 0.5) is 13.2 Å². The summed E-state index contributed by atoms with van der Waals surface area (Å²) in [5, 5.41) is 2.86. The van der Waals surface area contributed by atoms with Gasteiger partial charge in [0.25, 0.3) is 0 Å². The first-order chi connectivity index (χ1) is 15.1. The third-order valence-electron chi connectivity index (χ3n) is 7.33. The quantitative estimate of drug-likeness (QED) is 0.698. The molecule has 32 heavy (non-hydrogen) atoms. The second-order valence-corrected chi connectivity index (χ2v) is 9.92. The van der Waals surface area contributed by atoms with Crippen LogP contribution in [0.5, 0.6) is 0 Å². The highest BCUT2D eigenvalue weighted by Crippen LogP contribution is 2.49. The van der Waals surface area contributed by atoms with Crippen molar-refractivity contribution in [1.29, 1.82) is 0 Å². The Morgan fingerprint density at radius 2 is 1.81 bits per heavy atom. The summed E-state index contributed by atoms with van der Waals surface area (Å²) in [5.74, 6) is 0. The van der Waals surface area contributed by atoms with Gasteiger partial charge in [-0.25, -0.2) is 0 Å². The molecular weight excluding hydrogens is 413 g/mol. The van der Waals surface area contributed by atoms with Gasteiger partial charge in [0.2, 0.25) is 0 Å². The molecule has 1 N–H and O–H groups in total. The van der Waals surface area contributed by atoms with Crippen LogP contribution in [-0.2, 0) is 21.7 Å². The molecule has 1 spiro atoms. The molecule has 0 bridgehead atoms. The molecular formula is C23H30B2F3N3O.